The van der Waals surface area contributed by atoms with E-state index in [1.165, 1.54) is 0 Å². The molecule has 0 bridgehead atoms. The maximum atomic E-state index is 12.1. The van der Waals surface area contributed by atoms with Gasteiger partial charge in [-0.1, -0.05) is 29.3 Å². The summed E-state index contributed by atoms with van der Waals surface area (Å²) < 4.78 is 5.60. The number of rotatable bonds is 6. The van der Waals surface area contributed by atoms with Crippen LogP contribution in [0.1, 0.15) is 15.9 Å². The van der Waals surface area contributed by atoms with Gasteiger partial charge in [0.25, 0.3) is 0 Å². The minimum atomic E-state index is -0.105. The van der Waals surface area contributed by atoms with Crippen molar-refractivity contribution in [1.82, 2.24) is 0 Å². The lowest BCUT2D eigenvalue weighted by Gasteiger charge is -2.10. The predicted octanol–water partition coefficient (Wildman–Crippen LogP) is 4.98. The minimum Gasteiger partial charge on any atom is -0.485 e. The summed E-state index contributed by atoms with van der Waals surface area (Å²) in [6.07, 6.45) is 2.39. The summed E-state index contributed by atoms with van der Waals surface area (Å²) in [7, 11) is 0. The lowest BCUT2D eigenvalue weighted by atomic mass is 10.1. The van der Waals surface area contributed by atoms with E-state index in [0.29, 0.717) is 27.8 Å². The molecule has 0 radical (unpaired) electrons. The molecule has 0 atom stereocenters. The van der Waals surface area contributed by atoms with Gasteiger partial charge >= 0.3 is 0 Å². The second kappa shape index (κ2) is 7.30. The topological polar surface area (TPSA) is 26.3 Å². The van der Waals surface area contributed by atoms with Crippen molar-refractivity contribution in [3.8, 4) is 5.75 Å². The molecule has 4 heteroatoms. The first kappa shape index (κ1) is 15.6. The van der Waals surface area contributed by atoms with Crippen molar-refractivity contribution < 1.29 is 9.53 Å². The zero-order chi connectivity index (χ0) is 15.2. The van der Waals surface area contributed by atoms with Crippen molar-refractivity contribution in [3.63, 3.8) is 0 Å². The fraction of sp³-hybridized carbons (Fsp3) is 0.118. The molecule has 108 valence electrons. The molecule has 0 saturated heterocycles. The van der Waals surface area contributed by atoms with Crippen LogP contribution in [0.25, 0.3) is 0 Å². The van der Waals surface area contributed by atoms with Crippen molar-refractivity contribution in [2.75, 3.05) is 6.61 Å². The molecule has 0 aliphatic heterocycles. The first-order valence-corrected chi connectivity index (χ1v) is 7.16. The maximum Gasteiger partial charge on any atom is 0.200 e. The van der Waals surface area contributed by atoms with Crippen molar-refractivity contribution in [2.24, 2.45) is 0 Å². The number of ether oxygens (including phenoxy) is 1. The van der Waals surface area contributed by atoms with Crippen LogP contribution in [0.5, 0.6) is 5.75 Å². The van der Waals surface area contributed by atoms with Crippen LogP contribution < -0.4 is 4.74 Å². The van der Waals surface area contributed by atoms with Gasteiger partial charge in [0.15, 0.2) is 12.4 Å². The molecule has 0 saturated carbocycles. The molecule has 2 aromatic rings. The summed E-state index contributed by atoms with van der Waals surface area (Å²) in [4.78, 5) is 12.1. The largest absolute Gasteiger partial charge is 0.485 e. The van der Waals surface area contributed by atoms with E-state index in [1.807, 2.05) is 6.07 Å². The van der Waals surface area contributed by atoms with E-state index >= 15 is 0 Å². The van der Waals surface area contributed by atoms with Crippen molar-refractivity contribution in [2.45, 2.75) is 6.42 Å². The van der Waals surface area contributed by atoms with Crippen LogP contribution in [-0.2, 0) is 6.42 Å². The molecule has 0 fully saturated rings. The van der Waals surface area contributed by atoms with Gasteiger partial charge in [-0.3, -0.25) is 4.79 Å². The quantitative estimate of drug-likeness (QED) is 0.554. The molecule has 0 unspecified atom stereocenters. The zero-order valence-corrected chi connectivity index (χ0v) is 12.8. The molecule has 0 aromatic heterocycles. The molecule has 2 rings (SSSR count). The Morgan fingerprint density at radius 2 is 1.76 bits per heavy atom. The Labute approximate surface area is 134 Å². The Kier molecular flexibility index (Phi) is 5.43. The lowest BCUT2D eigenvalue weighted by molar-refractivity contribution is 0.0921. The van der Waals surface area contributed by atoms with Gasteiger partial charge in [0.05, 0.1) is 0 Å². The number of Topliss-reactive ketones (excluding diaryl/α,β-unsaturated/α-hetero) is 1. The van der Waals surface area contributed by atoms with E-state index in [2.05, 4.69) is 6.58 Å². The molecule has 2 aromatic carbocycles. The number of carbonyl (C=O) groups is 1. The van der Waals surface area contributed by atoms with Crippen LogP contribution >= 0.6 is 23.2 Å². The highest BCUT2D eigenvalue weighted by atomic mass is 35.5. The third-order valence-corrected chi connectivity index (χ3v) is 3.40. The van der Waals surface area contributed by atoms with Crippen molar-refractivity contribution in [3.05, 3.63) is 76.3 Å². The predicted molar refractivity (Wildman–Crippen MR) is 86.6 cm³/mol. The summed E-state index contributed by atoms with van der Waals surface area (Å²) in [6.45, 7) is 3.67. The Morgan fingerprint density at radius 3 is 2.43 bits per heavy atom. The fourth-order valence-corrected chi connectivity index (χ4v) is 2.19. The zero-order valence-electron chi connectivity index (χ0n) is 11.3. The van der Waals surface area contributed by atoms with Gasteiger partial charge in [-0.2, -0.15) is 0 Å². The van der Waals surface area contributed by atoms with E-state index < -0.39 is 0 Å². The highest BCUT2D eigenvalue weighted by Gasteiger charge is 2.09. The Balaban J connectivity index is 2.07. The number of ketones is 1. The molecule has 0 N–H and O–H groups in total. The monoisotopic (exact) mass is 320 g/mol. The molecule has 0 aliphatic carbocycles. The highest BCUT2D eigenvalue weighted by molar-refractivity contribution is 6.31. The number of benzene rings is 2. The second-order valence-electron chi connectivity index (χ2n) is 4.46. The third kappa shape index (κ3) is 4.35. The third-order valence-electron chi connectivity index (χ3n) is 2.91. The molecule has 0 heterocycles. The summed E-state index contributed by atoms with van der Waals surface area (Å²) in [5.74, 6) is 0.535. The Morgan fingerprint density at radius 1 is 1.10 bits per heavy atom. The van der Waals surface area contributed by atoms with Gasteiger partial charge in [0.2, 0.25) is 0 Å². The number of halogens is 2. The number of hydrogen-bond acceptors (Lipinski definition) is 2. The van der Waals surface area contributed by atoms with Crippen LogP contribution in [0.4, 0.5) is 0 Å². The van der Waals surface area contributed by atoms with Gasteiger partial charge in [-0.05, 0) is 54.4 Å². The van der Waals surface area contributed by atoms with Gasteiger partial charge < -0.3 is 4.74 Å². The van der Waals surface area contributed by atoms with E-state index in [4.69, 9.17) is 27.9 Å². The van der Waals surface area contributed by atoms with Gasteiger partial charge in [0, 0.05) is 15.6 Å². The summed E-state index contributed by atoms with van der Waals surface area (Å²) in [6, 6.07) is 12.0. The normalized spacial score (nSPS) is 10.2. The van der Waals surface area contributed by atoms with Crippen molar-refractivity contribution >= 4 is 29.0 Å². The Bertz CT molecular complexity index is 648. The SMILES string of the molecule is C=CCc1cc(Cl)ccc1OCC(=O)c1ccc(Cl)cc1. The molecule has 0 aliphatic rings. The molecule has 0 amide bonds. The van der Waals surface area contributed by atoms with Gasteiger partial charge in [-0.25, -0.2) is 0 Å². The second-order valence-corrected chi connectivity index (χ2v) is 5.34. The van der Waals surface area contributed by atoms with Crippen LogP contribution in [0.15, 0.2) is 55.1 Å². The number of allylic oxidation sites excluding steroid dienone is 1. The van der Waals surface area contributed by atoms with Crippen molar-refractivity contribution in [1.29, 1.82) is 0 Å². The van der Waals surface area contributed by atoms with E-state index in [1.54, 1.807) is 42.5 Å². The van der Waals surface area contributed by atoms with E-state index in [-0.39, 0.29) is 12.4 Å². The molecular formula is C17H14Cl2O2. The summed E-state index contributed by atoms with van der Waals surface area (Å²) >= 11 is 11.8. The number of carbonyl (C=O) groups excluding carboxylic acids is 1. The van der Waals surface area contributed by atoms with Gasteiger partial charge in [0.1, 0.15) is 5.75 Å². The van der Waals surface area contributed by atoms with E-state index in [0.717, 1.165) is 5.56 Å². The average Bonchev–Trinajstić information content (AvgIpc) is 2.47. The molecule has 21 heavy (non-hydrogen) atoms. The minimum absolute atomic E-state index is 0.0343. The van der Waals surface area contributed by atoms with Crippen LogP contribution in [0.3, 0.4) is 0 Å². The standard InChI is InChI=1S/C17H14Cl2O2/c1-2-3-13-10-15(19)8-9-17(13)21-11-16(20)12-4-6-14(18)7-5-12/h2,4-10H,1,3,11H2. The Hall–Kier alpha value is -1.77. The van der Waals surface area contributed by atoms with Crippen LogP contribution in [-0.4, -0.2) is 12.4 Å². The molecular weight excluding hydrogens is 307 g/mol. The number of hydrogen-bond donors (Lipinski definition) is 0. The average molecular weight is 321 g/mol. The summed E-state index contributed by atoms with van der Waals surface area (Å²) in [5, 5.41) is 1.22. The fourth-order valence-electron chi connectivity index (χ4n) is 1.87. The first-order valence-electron chi connectivity index (χ1n) is 6.41. The van der Waals surface area contributed by atoms with E-state index in [9.17, 15) is 4.79 Å². The smallest absolute Gasteiger partial charge is 0.200 e. The molecule has 0 spiro atoms. The van der Waals surface area contributed by atoms with Crippen LogP contribution in [0, 0.1) is 0 Å². The molecule has 2 nitrogen and oxygen atoms in total. The first-order chi connectivity index (χ1) is 10.1. The van der Waals surface area contributed by atoms with Crippen LogP contribution in [0.2, 0.25) is 10.0 Å². The highest BCUT2D eigenvalue weighted by Crippen LogP contribution is 2.24. The van der Waals surface area contributed by atoms with Gasteiger partial charge in [-0.15, -0.1) is 6.58 Å². The lowest BCUT2D eigenvalue weighted by Crippen LogP contribution is -2.12. The summed E-state index contributed by atoms with van der Waals surface area (Å²) in [5.41, 5.74) is 1.47. The maximum absolute atomic E-state index is 12.1.